The van der Waals surface area contributed by atoms with E-state index in [1.165, 1.54) is 11.9 Å². The van der Waals surface area contributed by atoms with Gasteiger partial charge in [-0.05, 0) is 36.2 Å². The number of hydrogen-bond acceptors (Lipinski definition) is 3. The maximum absolute atomic E-state index is 11.7. The molecule has 0 fully saturated rings. The number of rotatable bonds is 2. The van der Waals surface area contributed by atoms with E-state index < -0.39 is 0 Å². The zero-order valence-electron chi connectivity index (χ0n) is 8.84. The van der Waals surface area contributed by atoms with E-state index in [9.17, 15) is 4.79 Å². The van der Waals surface area contributed by atoms with Crippen LogP contribution in [-0.2, 0) is 0 Å². The van der Waals surface area contributed by atoms with Gasteiger partial charge in [-0.3, -0.25) is 0 Å². The summed E-state index contributed by atoms with van der Waals surface area (Å²) in [5, 5.41) is 2.79. The van der Waals surface area contributed by atoms with Crippen LogP contribution in [0.1, 0.15) is 0 Å². The van der Waals surface area contributed by atoms with E-state index in [4.69, 9.17) is 4.74 Å². The second kappa shape index (κ2) is 4.94. The average Bonchev–Trinajstić information content (AvgIpc) is 2.83. The number of anilines is 1. The summed E-state index contributed by atoms with van der Waals surface area (Å²) in [6.07, 6.45) is 3.71. The van der Waals surface area contributed by atoms with Gasteiger partial charge in [-0.15, -0.1) is 0 Å². The van der Waals surface area contributed by atoms with Crippen LogP contribution in [0.15, 0.2) is 36.5 Å². The predicted molar refractivity (Wildman–Crippen MR) is 65.4 cm³/mol. The van der Waals surface area contributed by atoms with Crippen LogP contribution in [-0.4, -0.2) is 23.2 Å². The zero-order valence-corrected chi connectivity index (χ0v) is 9.66. The third-order valence-electron chi connectivity index (χ3n) is 2.09. The molecule has 0 aliphatic carbocycles. The lowest BCUT2D eigenvalue weighted by molar-refractivity contribution is 0.245. The first kappa shape index (κ1) is 10.9. The number of urea groups is 1. The highest BCUT2D eigenvalue weighted by Crippen LogP contribution is 2.20. The van der Waals surface area contributed by atoms with Crippen molar-refractivity contribution in [1.29, 1.82) is 0 Å². The molecule has 0 saturated carbocycles. The van der Waals surface area contributed by atoms with Crippen LogP contribution in [0.2, 0.25) is 0 Å². The summed E-state index contributed by atoms with van der Waals surface area (Å²) < 4.78 is 6.61. The van der Waals surface area contributed by atoms with Crippen LogP contribution in [0.3, 0.4) is 0 Å². The maximum atomic E-state index is 11.7. The molecule has 0 bridgehead atoms. The number of methoxy groups -OCH3 is 1. The Hall–Kier alpha value is -1.62. The third-order valence-corrected chi connectivity index (χ3v) is 3.00. The maximum Gasteiger partial charge on any atom is 0.336 e. The highest BCUT2D eigenvalue weighted by atomic mass is 32.2. The fourth-order valence-corrected chi connectivity index (χ4v) is 1.95. The molecule has 1 heterocycles. The van der Waals surface area contributed by atoms with Gasteiger partial charge < -0.3 is 10.1 Å². The number of benzene rings is 1. The monoisotopic (exact) mass is 236 g/mol. The van der Waals surface area contributed by atoms with Gasteiger partial charge in [0.25, 0.3) is 0 Å². The summed E-state index contributed by atoms with van der Waals surface area (Å²) in [6.45, 7) is 0. The lowest BCUT2D eigenvalue weighted by atomic mass is 10.3. The number of ether oxygens (including phenoxy) is 1. The van der Waals surface area contributed by atoms with Crippen molar-refractivity contribution >= 4 is 23.7 Å². The smallest absolute Gasteiger partial charge is 0.336 e. The summed E-state index contributed by atoms with van der Waals surface area (Å²) in [4.78, 5) is 11.7. The predicted octanol–water partition coefficient (Wildman–Crippen LogP) is 2.70. The minimum Gasteiger partial charge on any atom is -0.497 e. The van der Waals surface area contributed by atoms with Crippen molar-refractivity contribution in [3.05, 3.63) is 36.5 Å². The van der Waals surface area contributed by atoms with Gasteiger partial charge >= 0.3 is 6.03 Å². The fraction of sp³-hybridized carbons (Fsp3) is 0.182. The van der Waals surface area contributed by atoms with E-state index in [0.717, 1.165) is 17.2 Å². The molecule has 1 aromatic rings. The molecule has 0 radical (unpaired) electrons. The Kier molecular flexibility index (Phi) is 3.36. The molecule has 0 saturated heterocycles. The molecule has 1 aliphatic heterocycles. The first-order chi connectivity index (χ1) is 7.79. The van der Waals surface area contributed by atoms with Crippen molar-refractivity contribution in [1.82, 2.24) is 4.31 Å². The summed E-state index contributed by atoms with van der Waals surface area (Å²) in [6, 6.07) is 7.09. The molecule has 16 heavy (non-hydrogen) atoms. The third kappa shape index (κ3) is 2.49. The van der Waals surface area contributed by atoms with E-state index in [1.807, 2.05) is 18.2 Å². The normalized spacial score (nSPS) is 13.9. The van der Waals surface area contributed by atoms with Crippen molar-refractivity contribution in [3.63, 3.8) is 0 Å². The molecule has 2 rings (SSSR count). The number of nitrogens with zero attached hydrogens (tertiary/aromatic N) is 1. The minimum atomic E-state index is -0.135. The molecule has 1 N–H and O–H groups in total. The second-order valence-corrected chi connectivity index (χ2v) is 4.15. The minimum absolute atomic E-state index is 0.135. The summed E-state index contributed by atoms with van der Waals surface area (Å²) >= 11 is 1.46. The first-order valence-corrected chi connectivity index (χ1v) is 5.77. The van der Waals surface area contributed by atoms with E-state index in [0.29, 0.717) is 0 Å². The molecular formula is C11H12N2O2S. The average molecular weight is 236 g/mol. The molecule has 0 unspecified atom stereocenters. The molecule has 5 heteroatoms. The molecule has 4 nitrogen and oxygen atoms in total. The van der Waals surface area contributed by atoms with Crippen molar-refractivity contribution in [2.75, 3.05) is 18.2 Å². The number of carbonyl (C=O) groups is 1. The molecule has 0 atom stereocenters. The van der Waals surface area contributed by atoms with Crippen LogP contribution >= 0.6 is 11.9 Å². The Morgan fingerprint density at radius 1 is 1.44 bits per heavy atom. The number of nitrogens with one attached hydrogen (secondary N) is 1. The molecule has 84 valence electrons. The number of amides is 2. The van der Waals surface area contributed by atoms with Gasteiger partial charge in [0.15, 0.2) is 0 Å². The van der Waals surface area contributed by atoms with Gasteiger partial charge in [0.1, 0.15) is 5.75 Å². The van der Waals surface area contributed by atoms with Gasteiger partial charge in [0.05, 0.1) is 7.11 Å². The number of hydrogen-bond donors (Lipinski definition) is 1. The van der Waals surface area contributed by atoms with Crippen molar-refractivity contribution in [2.45, 2.75) is 0 Å². The van der Waals surface area contributed by atoms with Gasteiger partial charge in [0, 0.05) is 17.6 Å². The van der Waals surface area contributed by atoms with E-state index in [1.54, 1.807) is 29.7 Å². The van der Waals surface area contributed by atoms with Crippen molar-refractivity contribution in [2.24, 2.45) is 0 Å². The van der Waals surface area contributed by atoms with Gasteiger partial charge in [-0.25, -0.2) is 9.10 Å². The zero-order chi connectivity index (χ0) is 11.4. The van der Waals surface area contributed by atoms with Crippen LogP contribution in [0, 0.1) is 0 Å². The Morgan fingerprint density at radius 3 is 2.75 bits per heavy atom. The summed E-state index contributed by atoms with van der Waals surface area (Å²) in [5.41, 5.74) is 0.756. The lowest BCUT2D eigenvalue weighted by Gasteiger charge is -2.13. The van der Waals surface area contributed by atoms with Crippen LogP contribution in [0.4, 0.5) is 10.5 Å². The van der Waals surface area contributed by atoms with Crippen LogP contribution < -0.4 is 10.1 Å². The van der Waals surface area contributed by atoms with Crippen molar-refractivity contribution in [3.8, 4) is 5.75 Å². The Balaban J connectivity index is 1.97. The van der Waals surface area contributed by atoms with Crippen LogP contribution in [0.5, 0.6) is 5.75 Å². The lowest BCUT2D eigenvalue weighted by Crippen LogP contribution is -2.23. The topological polar surface area (TPSA) is 41.6 Å². The molecule has 0 spiro atoms. The highest BCUT2D eigenvalue weighted by molar-refractivity contribution is 7.98. The second-order valence-electron chi connectivity index (χ2n) is 3.16. The molecule has 1 aromatic carbocycles. The molecule has 2 amide bonds. The van der Waals surface area contributed by atoms with Gasteiger partial charge in [0.2, 0.25) is 0 Å². The van der Waals surface area contributed by atoms with E-state index in [-0.39, 0.29) is 6.03 Å². The largest absolute Gasteiger partial charge is 0.497 e. The first-order valence-electron chi connectivity index (χ1n) is 4.83. The SMILES string of the molecule is COc1ccc(NC(=O)N2C=CCS2)cc1. The van der Waals surface area contributed by atoms with Crippen LogP contribution in [0.25, 0.3) is 0 Å². The van der Waals surface area contributed by atoms with Gasteiger partial charge in [-0.2, -0.15) is 0 Å². The van der Waals surface area contributed by atoms with Crippen molar-refractivity contribution < 1.29 is 9.53 Å². The Morgan fingerprint density at radius 2 is 2.19 bits per heavy atom. The number of carbonyl (C=O) groups excluding carboxylic acids is 1. The summed E-state index contributed by atoms with van der Waals surface area (Å²) in [5.74, 6) is 1.61. The van der Waals surface area contributed by atoms with E-state index in [2.05, 4.69) is 5.32 Å². The fourth-order valence-electron chi connectivity index (χ4n) is 1.28. The summed E-state index contributed by atoms with van der Waals surface area (Å²) in [7, 11) is 1.61. The molecule has 1 aliphatic rings. The van der Waals surface area contributed by atoms with E-state index >= 15 is 0 Å². The highest BCUT2D eigenvalue weighted by Gasteiger charge is 2.14. The molecular weight excluding hydrogens is 224 g/mol. The Bertz CT molecular complexity index is 403. The van der Waals surface area contributed by atoms with Gasteiger partial charge in [-0.1, -0.05) is 6.08 Å². The molecule has 0 aromatic heterocycles. The standard InChI is InChI=1S/C11H12N2O2S/c1-15-10-5-3-9(4-6-10)12-11(14)13-7-2-8-16-13/h2-7H,8H2,1H3,(H,12,14). The Labute approximate surface area is 98.4 Å². The quantitative estimate of drug-likeness (QED) is 0.803.